The average molecular weight is 846 g/mol. The summed E-state index contributed by atoms with van der Waals surface area (Å²) in [5.41, 5.74) is 5.34. The van der Waals surface area contributed by atoms with Gasteiger partial charge in [-0.3, -0.25) is 18.6 Å². The second-order valence-electron chi connectivity index (χ2n) is 17.1. The first-order chi connectivity index (χ1) is 28.3. The Labute approximate surface area is 358 Å². The Kier molecular flexibility index (Phi) is 44.8. The van der Waals surface area contributed by atoms with Crippen LogP contribution in [-0.4, -0.2) is 49.3 Å². The van der Waals surface area contributed by atoms with E-state index < -0.39 is 26.5 Å². The van der Waals surface area contributed by atoms with Gasteiger partial charge >= 0.3 is 19.8 Å². The summed E-state index contributed by atoms with van der Waals surface area (Å²) in [5.74, 6) is -0.820. The molecule has 9 nitrogen and oxygen atoms in total. The summed E-state index contributed by atoms with van der Waals surface area (Å²) in [6.07, 6.45) is 47.7. The SMILES string of the molecule is CCCCCCCCCCCCCCCCCCCCCCCCCCCCCCCCC(=O)OC(COC(=O)CCCCCCCCC)COP(=O)(O)OCCN. The number of rotatable bonds is 48. The highest BCUT2D eigenvalue weighted by Crippen LogP contribution is 2.43. The number of hydrogen-bond donors (Lipinski definition) is 2. The van der Waals surface area contributed by atoms with E-state index in [1.807, 2.05) is 0 Å². The highest BCUT2D eigenvalue weighted by atomic mass is 31.2. The third-order valence-electron chi connectivity index (χ3n) is 11.2. The van der Waals surface area contributed by atoms with E-state index in [4.69, 9.17) is 24.3 Å². The van der Waals surface area contributed by atoms with Crippen molar-refractivity contribution in [1.82, 2.24) is 0 Å². The van der Waals surface area contributed by atoms with Crippen molar-refractivity contribution < 1.29 is 37.6 Å². The molecule has 2 unspecified atom stereocenters. The van der Waals surface area contributed by atoms with Gasteiger partial charge in [-0.2, -0.15) is 0 Å². The normalized spacial score (nSPS) is 13.1. The molecular weight excluding hydrogens is 750 g/mol. The number of carbonyl (C=O) groups is 2. The van der Waals surface area contributed by atoms with Gasteiger partial charge in [-0.05, 0) is 12.8 Å². The predicted octanol–water partition coefficient (Wildman–Crippen LogP) is 14.8. The average Bonchev–Trinajstić information content (AvgIpc) is 3.21. The smallest absolute Gasteiger partial charge is 0.462 e. The van der Waals surface area contributed by atoms with Gasteiger partial charge in [0.2, 0.25) is 0 Å². The fraction of sp³-hybridized carbons (Fsp3) is 0.958. The van der Waals surface area contributed by atoms with Crippen molar-refractivity contribution in [2.75, 3.05) is 26.4 Å². The van der Waals surface area contributed by atoms with Crippen LogP contribution in [-0.2, 0) is 32.7 Å². The quantitative estimate of drug-likeness (QED) is 0.0349. The summed E-state index contributed by atoms with van der Waals surface area (Å²) >= 11 is 0. The first kappa shape index (κ1) is 57.0. The Balaban J connectivity index is 3.75. The Morgan fingerprint density at radius 2 is 0.741 bits per heavy atom. The zero-order valence-corrected chi connectivity index (χ0v) is 39.2. The number of ether oxygens (including phenoxy) is 2. The van der Waals surface area contributed by atoms with Crippen LogP contribution in [0.3, 0.4) is 0 Å². The van der Waals surface area contributed by atoms with Crippen molar-refractivity contribution >= 4 is 19.8 Å². The highest BCUT2D eigenvalue weighted by Gasteiger charge is 2.26. The molecule has 0 aromatic rings. The van der Waals surface area contributed by atoms with E-state index in [9.17, 15) is 19.0 Å². The van der Waals surface area contributed by atoms with E-state index >= 15 is 0 Å². The van der Waals surface area contributed by atoms with Crippen LogP contribution in [0.1, 0.15) is 264 Å². The van der Waals surface area contributed by atoms with Gasteiger partial charge in [0.05, 0.1) is 13.2 Å². The Hall–Kier alpha value is -0.990. The number of carbonyl (C=O) groups excluding carboxylic acids is 2. The lowest BCUT2D eigenvalue weighted by Crippen LogP contribution is -2.29. The molecule has 0 aliphatic heterocycles. The fourth-order valence-corrected chi connectivity index (χ4v) is 8.29. The third kappa shape index (κ3) is 44.6. The maximum atomic E-state index is 12.6. The van der Waals surface area contributed by atoms with E-state index in [1.165, 1.54) is 199 Å². The zero-order valence-electron chi connectivity index (χ0n) is 38.3. The van der Waals surface area contributed by atoms with E-state index in [0.717, 1.165) is 32.1 Å². The van der Waals surface area contributed by atoms with Gasteiger partial charge in [0.15, 0.2) is 6.10 Å². The maximum Gasteiger partial charge on any atom is 0.472 e. The van der Waals surface area contributed by atoms with E-state index in [-0.39, 0.29) is 38.6 Å². The second-order valence-corrected chi connectivity index (χ2v) is 18.5. The molecule has 0 fully saturated rings. The minimum absolute atomic E-state index is 0.0578. The number of hydrogen-bond acceptors (Lipinski definition) is 8. The highest BCUT2D eigenvalue weighted by molar-refractivity contribution is 7.47. The standard InChI is InChI=1S/C48H96NO8P/c1-3-5-7-9-11-12-13-14-15-16-17-18-19-20-21-22-23-24-25-26-27-28-29-30-31-32-33-35-37-39-41-48(51)57-46(45-56-58(52,53)55-43-42-49)44-54-47(50)40-38-36-34-10-8-6-4-2/h46H,3-45,49H2,1-2H3,(H,52,53). The molecule has 0 heterocycles. The van der Waals surface area contributed by atoms with Gasteiger partial charge in [0, 0.05) is 19.4 Å². The van der Waals surface area contributed by atoms with Crippen molar-refractivity contribution in [3.8, 4) is 0 Å². The van der Waals surface area contributed by atoms with Gasteiger partial charge in [-0.15, -0.1) is 0 Å². The third-order valence-corrected chi connectivity index (χ3v) is 12.2. The first-order valence-electron chi connectivity index (χ1n) is 25.0. The summed E-state index contributed by atoms with van der Waals surface area (Å²) in [6.45, 7) is 3.73. The van der Waals surface area contributed by atoms with Crippen LogP contribution in [0.5, 0.6) is 0 Å². The molecule has 0 aliphatic carbocycles. The molecule has 0 aromatic heterocycles. The van der Waals surface area contributed by atoms with Crippen LogP contribution < -0.4 is 5.73 Å². The maximum absolute atomic E-state index is 12.6. The lowest BCUT2D eigenvalue weighted by Gasteiger charge is -2.19. The summed E-state index contributed by atoms with van der Waals surface area (Å²) in [4.78, 5) is 34.7. The topological polar surface area (TPSA) is 134 Å². The summed E-state index contributed by atoms with van der Waals surface area (Å²) in [7, 11) is -4.36. The van der Waals surface area contributed by atoms with Crippen LogP contribution in [0.15, 0.2) is 0 Å². The summed E-state index contributed by atoms with van der Waals surface area (Å²) < 4.78 is 32.7. The zero-order chi connectivity index (χ0) is 42.5. The van der Waals surface area contributed by atoms with Crippen molar-refractivity contribution in [3.63, 3.8) is 0 Å². The molecule has 0 aromatic carbocycles. The monoisotopic (exact) mass is 846 g/mol. The number of phosphoric acid groups is 1. The number of unbranched alkanes of at least 4 members (excludes halogenated alkanes) is 35. The van der Waals surface area contributed by atoms with Crippen LogP contribution in [0.25, 0.3) is 0 Å². The van der Waals surface area contributed by atoms with Crippen LogP contribution in [0.2, 0.25) is 0 Å². The molecule has 346 valence electrons. The lowest BCUT2D eigenvalue weighted by molar-refractivity contribution is -0.161. The molecule has 0 aliphatic rings. The Morgan fingerprint density at radius 1 is 0.448 bits per heavy atom. The van der Waals surface area contributed by atoms with Crippen LogP contribution in [0, 0.1) is 0 Å². The number of nitrogens with two attached hydrogens (primary N) is 1. The number of phosphoric ester groups is 1. The van der Waals surface area contributed by atoms with Crippen molar-refractivity contribution in [1.29, 1.82) is 0 Å². The molecule has 2 atom stereocenters. The van der Waals surface area contributed by atoms with Crippen LogP contribution >= 0.6 is 7.82 Å². The van der Waals surface area contributed by atoms with Gasteiger partial charge in [-0.1, -0.05) is 239 Å². The van der Waals surface area contributed by atoms with E-state index in [1.54, 1.807) is 0 Å². The van der Waals surface area contributed by atoms with Gasteiger partial charge in [0.25, 0.3) is 0 Å². The number of esters is 2. The molecule has 10 heteroatoms. The molecule has 0 saturated heterocycles. The molecule has 3 N–H and O–H groups in total. The van der Waals surface area contributed by atoms with Crippen LogP contribution in [0.4, 0.5) is 0 Å². The largest absolute Gasteiger partial charge is 0.472 e. The molecule has 0 saturated carbocycles. The van der Waals surface area contributed by atoms with Gasteiger partial charge in [0.1, 0.15) is 6.61 Å². The summed E-state index contributed by atoms with van der Waals surface area (Å²) in [6, 6.07) is 0. The molecule has 0 radical (unpaired) electrons. The van der Waals surface area contributed by atoms with Gasteiger partial charge in [-0.25, -0.2) is 4.57 Å². The molecule has 0 spiro atoms. The fourth-order valence-electron chi connectivity index (χ4n) is 7.52. The molecule has 0 amide bonds. The van der Waals surface area contributed by atoms with Crippen molar-refractivity contribution in [2.24, 2.45) is 5.73 Å². The minimum atomic E-state index is -4.36. The van der Waals surface area contributed by atoms with E-state index in [2.05, 4.69) is 13.8 Å². The lowest BCUT2D eigenvalue weighted by atomic mass is 10.0. The molecule has 58 heavy (non-hydrogen) atoms. The summed E-state index contributed by atoms with van der Waals surface area (Å²) in [5, 5.41) is 0. The molecule has 0 bridgehead atoms. The van der Waals surface area contributed by atoms with Crippen molar-refractivity contribution in [3.05, 3.63) is 0 Å². The van der Waals surface area contributed by atoms with Gasteiger partial charge < -0.3 is 20.1 Å². The Bertz CT molecular complexity index is 922. The first-order valence-corrected chi connectivity index (χ1v) is 26.5. The predicted molar refractivity (Wildman–Crippen MR) is 243 cm³/mol. The second kappa shape index (κ2) is 45.5. The van der Waals surface area contributed by atoms with E-state index in [0.29, 0.717) is 6.42 Å². The minimum Gasteiger partial charge on any atom is -0.462 e. The van der Waals surface area contributed by atoms with Crippen molar-refractivity contribution in [2.45, 2.75) is 270 Å². The Morgan fingerprint density at radius 3 is 1.05 bits per heavy atom. The molecule has 0 rings (SSSR count). The molecular formula is C48H96NO8P.